The van der Waals surface area contributed by atoms with Crippen molar-refractivity contribution in [2.45, 2.75) is 66.2 Å². The van der Waals surface area contributed by atoms with Crippen molar-refractivity contribution in [2.75, 3.05) is 0 Å². The molecule has 2 nitrogen and oxygen atoms in total. The second-order valence-electron chi connectivity index (χ2n) is 5.50. The molecule has 0 aromatic carbocycles. The number of aliphatic carboxylic acids is 1. The molecule has 18 heavy (non-hydrogen) atoms. The van der Waals surface area contributed by atoms with E-state index in [1.807, 2.05) is 13.0 Å². The number of hydrogen-bond donors (Lipinski definition) is 1. The Hall–Kier alpha value is -1.05. The lowest BCUT2D eigenvalue weighted by atomic mass is 9.96. The molecule has 2 heteroatoms. The van der Waals surface area contributed by atoms with Crippen molar-refractivity contribution in [1.29, 1.82) is 0 Å². The highest BCUT2D eigenvalue weighted by Crippen LogP contribution is 2.17. The van der Waals surface area contributed by atoms with Crippen molar-refractivity contribution in [3.63, 3.8) is 0 Å². The van der Waals surface area contributed by atoms with Gasteiger partial charge in [0.05, 0.1) is 6.42 Å². The molecule has 0 bridgehead atoms. The second kappa shape index (κ2) is 9.93. The normalized spacial score (nSPS) is 13.2. The molecule has 0 aromatic heterocycles. The average Bonchev–Trinajstić information content (AvgIpc) is 2.25. The Labute approximate surface area is 112 Å². The summed E-state index contributed by atoms with van der Waals surface area (Å²) < 4.78 is 0. The molecule has 0 aliphatic carbocycles. The summed E-state index contributed by atoms with van der Waals surface area (Å²) in [4.78, 5) is 10.4. The molecule has 0 amide bonds. The molecular weight excluding hydrogens is 224 g/mol. The van der Waals surface area contributed by atoms with Gasteiger partial charge in [0.1, 0.15) is 0 Å². The summed E-state index contributed by atoms with van der Waals surface area (Å²) in [6.07, 6.45) is 10.1. The number of hydrogen-bond acceptors (Lipinski definition) is 1. The summed E-state index contributed by atoms with van der Waals surface area (Å²) in [5.74, 6) is 0.0114. The number of carboxylic acids is 1. The third kappa shape index (κ3) is 11.4. The van der Waals surface area contributed by atoms with Gasteiger partial charge in [-0.15, -0.1) is 0 Å². The predicted octanol–water partition coefficient (Wildman–Crippen LogP) is 4.96. The minimum Gasteiger partial charge on any atom is -0.481 e. The van der Waals surface area contributed by atoms with Crippen LogP contribution in [0.4, 0.5) is 0 Å². The van der Waals surface area contributed by atoms with Crippen LogP contribution in [0.15, 0.2) is 23.3 Å². The Morgan fingerprint density at radius 3 is 2.39 bits per heavy atom. The molecule has 0 rings (SSSR count). The van der Waals surface area contributed by atoms with Gasteiger partial charge in [-0.3, -0.25) is 4.79 Å². The maximum Gasteiger partial charge on any atom is 0.307 e. The third-order valence-corrected chi connectivity index (χ3v) is 3.11. The van der Waals surface area contributed by atoms with Crippen molar-refractivity contribution in [2.24, 2.45) is 5.92 Å². The highest BCUT2D eigenvalue weighted by molar-refractivity contribution is 5.68. The molecule has 1 unspecified atom stereocenters. The Bertz CT molecular complexity index is 296. The van der Waals surface area contributed by atoms with Crippen LogP contribution >= 0.6 is 0 Å². The topological polar surface area (TPSA) is 37.3 Å². The van der Waals surface area contributed by atoms with E-state index in [1.54, 1.807) is 0 Å². The van der Waals surface area contributed by atoms with Crippen molar-refractivity contribution < 1.29 is 9.90 Å². The minimum absolute atomic E-state index is 0.155. The smallest absolute Gasteiger partial charge is 0.307 e. The van der Waals surface area contributed by atoms with E-state index in [9.17, 15) is 4.79 Å². The largest absolute Gasteiger partial charge is 0.481 e. The zero-order chi connectivity index (χ0) is 14.0. The monoisotopic (exact) mass is 252 g/mol. The molecule has 104 valence electrons. The van der Waals surface area contributed by atoms with E-state index in [2.05, 4.69) is 26.8 Å². The van der Waals surface area contributed by atoms with Crippen LogP contribution in [0.1, 0.15) is 66.2 Å². The molecule has 0 aromatic rings. The standard InChI is InChI=1S/C16H28O2/c1-13(2)7-5-8-14(3)9-6-10-15(4)11-12-16(17)18/h7,11,14H,5-6,8-10,12H2,1-4H3,(H,17,18). The van der Waals surface area contributed by atoms with E-state index in [0.717, 1.165) is 18.8 Å². The number of carboxylic acid groups (broad SMARTS) is 1. The molecule has 0 saturated carbocycles. The van der Waals surface area contributed by atoms with E-state index >= 15 is 0 Å². The summed E-state index contributed by atoms with van der Waals surface area (Å²) in [5, 5.41) is 8.57. The highest BCUT2D eigenvalue weighted by atomic mass is 16.4. The van der Waals surface area contributed by atoms with Gasteiger partial charge in [-0.25, -0.2) is 0 Å². The van der Waals surface area contributed by atoms with Gasteiger partial charge in [0.15, 0.2) is 0 Å². The van der Waals surface area contributed by atoms with Gasteiger partial charge in [0, 0.05) is 0 Å². The fourth-order valence-corrected chi connectivity index (χ4v) is 1.89. The molecule has 0 aliphatic rings. The minimum atomic E-state index is -0.746. The van der Waals surface area contributed by atoms with E-state index in [-0.39, 0.29) is 6.42 Å². The van der Waals surface area contributed by atoms with Crippen LogP contribution in [-0.4, -0.2) is 11.1 Å². The maximum absolute atomic E-state index is 10.4. The number of rotatable bonds is 9. The Morgan fingerprint density at radius 1 is 1.17 bits per heavy atom. The van der Waals surface area contributed by atoms with Crippen LogP contribution in [0, 0.1) is 5.92 Å². The first-order chi connectivity index (χ1) is 8.41. The highest BCUT2D eigenvalue weighted by Gasteiger charge is 2.01. The van der Waals surface area contributed by atoms with E-state index in [0.29, 0.717) is 0 Å². The van der Waals surface area contributed by atoms with Crippen LogP contribution in [-0.2, 0) is 4.79 Å². The van der Waals surface area contributed by atoms with Crippen molar-refractivity contribution in [1.82, 2.24) is 0 Å². The Balaban J connectivity index is 3.67. The zero-order valence-corrected chi connectivity index (χ0v) is 12.3. The predicted molar refractivity (Wildman–Crippen MR) is 77.7 cm³/mol. The zero-order valence-electron chi connectivity index (χ0n) is 12.3. The first-order valence-corrected chi connectivity index (χ1v) is 6.92. The maximum atomic E-state index is 10.4. The molecule has 0 radical (unpaired) electrons. The Kier molecular flexibility index (Phi) is 9.35. The summed E-state index contributed by atoms with van der Waals surface area (Å²) in [7, 11) is 0. The summed E-state index contributed by atoms with van der Waals surface area (Å²) in [5.41, 5.74) is 2.60. The lowest BCUT2D eigenvalue weighted by molar-refractivity contribution is -0.136. The molecular formula is C16H28O2. The fraction of sp³-hybridized carbons (Fsp3) is 0.688. The van der Waals surface area contributed by atoms with E-state index < -0.39 is 5.97 Å². The van der Waals surface area contributed by atoms with Crippen molar-refractivity contribution in [3.8, 4) is 0 Å². The van der Waals surface area contributed by atoms with Crippen molar-refractivity contribution in [3.05, 3.63) is 23.3 Å². The van der Waals surface area contributed by atoms with Crippen LogP contribution in [0.5, 0.6) is 0 Å². The summed E-state index contributed by atoms with van der Waals surface area (Å²) in [6, 6.07) is 0. The van der Waals surface area contributed by atoms with Gasteiger partial charge < -0.3 is 5.11 Å². The van der Waals surface area contributed by atoms with Gasteiger partial charge >= 0.3 is 5.97 Å². The van der Waals surface area contributed by atoms with Gasteiger partial charge in [0.2, 0.25) is 0 Å². The summed E-state index contributed by atoms with van der Waals surface area (Å²) in [6.45, 7) is 8.61. The van der Waals surface area contributed by atoms with Gasteiger partial charge in [-0.2, -0.15) is 0 Å². The number of carbonyl (C=O) groups is 1. The lowest BCUT2D eigenvalue weighted by Crippen LogP contribution is -1.95. The number of allylic oxidation sites excluding steroid dienone is 3. The van der Waals surface area contributed by atoms with Crippen LogP contribution < -0.4 is 0 Å². The first kappa shape index (κ1) is 16.9. The van der Waals surface area contributed by atoms with Gasteiger partial charge in [-0.05, 0) is 52.4 Å². The SMILES string of the molecule is CC(C)=CCCC(C)CCCC(C)=CCC(=O)O. The van der Waals surface area contributed by atoms with Gasteiger partial charge in [-0.1, -0.05) is 36.6 Å². The third-order valence-electron chi connectivity index (χ3n) is 3.11. The first-order valence-electron chi connectivity index (χ1n) is 6.92. The van der Waals surface area contributed by atoms with Crippen LogP contribution in [0.25, 0.3) is 0 Å². The molecule has 1 atom stereocenters. The molecule has 0 fully saturated rings. The van der Waals surface area contributed by atoms with E-state index in [1.165, 1.54) is 30.4 Å². The van der Waals surface area contributed by atoms with E-state index in [4.69, 9.17) is 5.11 Å². The molecule has 0 aliphatic heterocycles. The molecule has 0 heterocycles. The Morgan fingerprint density at radius 2 is 1.83 bits per heavy atom. The average molecular weight is 252 g/mol. The summed E-state index contributed by atoms with van der Waals surface area (Å²) >= 11 is 0. The van der Waals surface area contributed by atoms with Crippen LogP contribution in [0.2, 0.25) is 0 Å². The lowest BCUT2D eigenvalue weighted by Gasteiger charge is -2.10. The fourth-order valence-electron chi connectivity index (χ4n) is 1.89. The molecule has 0 spiro atoms. The van der Waals surface area contributed by atoms with Gasteiger partial charge in [0.25, 0.3) is 0 Å². The quantitative estimate of drug-likeness (QED) is 0.589. The second-order valence-corrected chi connectivity index (χ2v) is 5.50. The van der Waals surface area contributed by atoms with Crippen molar-refractivity contribution >= 4 is 5.97 Å². The molecule has 0 saturated heterocycles. The molecule has 1 N–H and O–H groups in total. The van der Waals surface area contributed by atoms with Crippen LogP contribution in [0.3, 0.4) is 0 Å².